The first-order valence-electron chi connectivity index (χ1n) is 7.96. The van der Waals surface area contributed by atoms with E-state index in [0.29, 0.717) is 6.54 Å². The number of carboxylic acids is 1. The number of nitrogens with one attached hydrogen (secondary N) is 1. The number of piperazine rings is 1. The highest BCUT2D eigenvalue weighted by Crippen LogP contribution is 2.40. The van der Waals surface area contributed by atoms with Crippen LogP contribution in [-0.2, 0) is 9.59 Å². The van der Waals surface area contributed by atoms with Crippen LogP contribution in [0.15, 0.2) is 30.3 Å². The molecule has 1 aromatic carbocycles. The van der Waals surface area contributed by atoms with Crippen molar-refractivity contribution in [3.05, 3.63) is 30.3 Å². The van der Waals surface area contributed by atoms with E-state index in [9.17, 15) is 14.7 Å². The van der Waals surface area contributed by atoms with E-state index in [0.717, 1.165) is 31.4 Å². The molecule has 0 radical (unpaired) electrons. The maximum atomic E-state index is 12.3. The van der Waals surface area contributed by atoms with Gasteiger partial charge in [-0.25, -0.2) is 0 Å². The van der Waals surface area contributed by atoms with Crippen LogP contribution in [0.3, 0.4) is 0 Å². The monoisotopic (exact) mass is 302 g/mol. The zero-order valence-electron chi connectivity index (χ0n) is 12.6. The fraction of sp³-hybridized carbons (Fsp3) is 0.529. The fourth-order valence-electron chi connectivity index (χ4n) is 3.92. The van der Waals surface area contributed by atoms with Gasteiger partial charge in [0.1, 0.15) is 6.04 Å². The van der Waals surface area contributed by atoms with Crippen LogP contribution in [-0.4, -0.2) is 35.1 Å². The van der Waals surface area contributed by atoms with Gasteiger partial charge in [-0.1, -0.05) is 37.5 Å². The molecule has 1 aliphatic heterocycles. The molecule has 1 atom stereocenters. The van der Waals surface area contributed by atoms with Crippen molar-refractivity contribution in [2.75, 3.05) is 11.4 Å². The van der Waals surface area contributed by atoms with Gasteiger partial charge in [0, 0.05) is 12.2 Å². The number of amides is 1. The average molecular weight is 302 g/mol. The first-order chi connectivity index (χ1) is 10.6. The summed E-state index contributed by atoms with van der Waals surface area (Å²) in [6.45, 7) is 0.608. The SMILES string of the molecule is O=C(O)CC1C(=O)NCC2(CCCCC2)N1c1ccccc1. The smallest absolute Gasteiger partial charge is 0.305 e. The molecule has 1 spiro atoms. The first kappa shape index (κ1) is 14.9. The number of para-hydroxylation sites is 1. The van der Waals surface area contributed by atoms with Crippen LogP contribution in [0, 0.1) is 0 Å². The molecule has 2 aliphatic rings. The van der Waals surface area contributed by atoms with Crippen molar-refractivity contribution in [3.63, 3.8) is 0 Å². The number of anilines is 1. The normalized spacial score (nSPS) is 24.1. The summed E-state index contributed by atoms with van der Waals surface area (Å²) in [5.74, 6) is -1.11. The predicted molar refractivity (Wildman–Crippen MR) is 83.8 cm³/mol. The molecular formula is C17H22N2O3. The van der Waals surface area contributed by atoms with Gasteiger partial charge < -0.3 is 15.3 Å². The molecule has 0 aromatic heterocycles. The summed E-state index contributed by atoms with van der Waals surface area (Å²) < 4.78 is 0. The lowest BCUT2D eigenvalue weighted by molar-refractivity contribution is -0.140. The Hall–Kier alpha value is -2.04. The van der Waals surface area contributed by atoms with Gasteiger partial charge >= 0.3 is 5.97 Å². The molecule has 1 unspecified atom stereocenters. The zero-order valence-corrected chi connectivity index (χ0v) is 12.6. The molecule has 1 aromatic rings. The third-order valence-electron chi connectivity index (χ3n) is 4.90. The van der Waals surface area contributed by atoms with E-state index < -0.39 is 12.0 Å². The van der Waals surface area contributed by atoms with E-state index in [1.54, 1.807) is 0 Å². The highest BCUT2D eigenvalue weighted by Gasteiger charge is 2.47. The van der Waals surface area contributed by atoms with Gasteiger partial charge in [-0.2, -0.15) is 0 Å². The average Bonchev–Trinajstić information content (AvgIpc) is 2.53. The standard InChI is InChI=1S/C17H22N2O3/c20-15(21)11-14-16(22)18-12-17(9-5-2-6-10-17)19(14)13-7-3-1-4-8-13/h1,3-4,7-8,14H,2,5-6,9-12H2,(H,18,22)(H,20,21). The van der Waals surface area contributed by atoms with E-state index in [4.69, 9.17) is 0 Å². The lowest BCUT2D eigenvalue weighted by Crippen LogP contribution is -2.69. The van der Waals surface area contributed by atoms with Crippen LogP contribution in [0.2, 0.25) is 0 Å². The van der Waals surface area contributed by atoms with Gasteiger partial charge in [-0.05, 0) is 25.0 Å². The Bertz CT molecular complexity index is 552. The Morgan fingerprint density at radius 1 is 1.23 bits per heavy atom. The van der Waals surface area contributed by atoms with Crippen molar-refractivity contribution in [1.29, 1.82) is 0 Å². The van der Waals surface area contributed by atoms with Gasteiger partial charge in [-0.15, -0.1) is 0 Å². The van der Waals surface area contributed by atoms with Crippen molar-refractivity contribution in [2.45, 2.75) is 50.1 Å². The molecule has 5 heteroatoms. The van der Waals surface area contributed by atoms with Gasteiger partial charge in [0.05, 0.1) is 12.0 Å². The molecule has 2 fully saturated rings. The number of hydrogen-bond acceptors (Lipinski definition) is 3. The molecule has 2 N–H and O–H groups in total. The third kappa shape index (κ3) is 2.67. The minimum absolute atomic E-state index is 0.145. The van der Waals surface area contributed by atoms with Crippen molar-refractivity contribution >= 4 is 17.6 Å². The number of nitrogens with zero attached hydrogens (tertiary/aromatic N) is 1. The molecular weight excluding hydrogens is 280 g/mol. The maximum absolute atomic E-state index is 12.3. The lowest BCUT2D eigenvalue weighted by Gasteiger charge is -2.53. The van der Waals surface area contributed by atoms with Crippen LogP contribution in [0.4, 0.5) is 5.69 Å². The number of carboxylic acid groups (broad SMARTS) is 1. The largest absolute Gasteiger partial charge is 0.481 e. The second-order valence-electron chi connectivity index (χ2n) is 6.32. The molecule has 1 heterocycles. The minimum atomic E-state index is -0.936. The fourth-order valence-corrected chi connectivity index (χ4v) is 3.92. The van der Waals surface area contributed by atoms with E-state index in [1.807, 2.05) is 30.3 Å². The molecule has 1 aliphatic carbocycles. The van der Waals surface area contributed by atoms with Crippen molar-refractivity contribution in [1.82, 2.24) is 5.32 Å². The molecule has 0 bridgehead atoms. The highest BCUT2D eigenvalue weighted by molar-refractivity contribution is 5.91. The van der Waals surface area contributed by atoms with Gasteiger partial charge in [-0.3, -0.25) is 9.59 Å². The van der Waals surface area contributed by atoms with Gasteiger partial charge in [0.2, 0.25) is 5.91 Å². The van der Waals surface area contributed by atoms with Crippen LogP contribution in [0.1, 0.15) is 38.5 Å². The summed E-state index contributed by atoms with van der Waals surface area (Å²) >= 11 is 0. The van der Waals surface area contributed by atoms with E-state index in [1.165, 1.54) is 6.42 Å². The summed E-state index contributed by atoms with van der Waals surface area (Å²) in [6.07, 6.45) is 5.29. The molecule has 5 nitrogen and oxygen atoms in total. The third-order valence-corrected chi connectivity index (χ3v) is 4.90. The van der Waals surface area contributed by atoms with E-state index >= 15 is 0 Å². The van der Waals surface area contributed by atoms with E-state index in [2.05, 4.69) is 10.2 Å². The second kappa shape index (κ2) is 5.99. The number of aliphatic carboxylic acids is 1. The molecule has 118 valence electrons. The number of carbonyl (C=O) groups is 2. The molecule has 1 saturated heterocycles. The van der Waals surface area contributed by atoms with Crippen LogP contribution >= 0.6 is 0 Å². The summed E-state index contributed by atoms with van der Waals surface area (Å²) in [5, 5.41) is 12.2. The topological polar surface area (TPSA) is 69.6 Å². The maximum Gasteiger partial charge on any atom is 0.305 e. The quantitative estimate of drug-likeness (QED) is 0.898. The molecule has 22 heavy (non-hydrogen) atoms. The van der Waals surface area contributed by atoms with Crippen molar-refractivity contribution in [2.24, 2.45) is 0 Å². The highest BCUT2D eigenvalue weighted by atomic mass is 16.4. The summed E-state index contributed by atoms with van der Waals surface area (Å²) in [4.78, 5) is 25.7. The van der Waals surface area contributed by atoms with E-state index in [-0.39, 0.29) is 17.9 Å². The molecule has 3 rings (SSSR count). The Morgan fingerprint density at radius 3 is 2.55 bits per heavy atom. The number of benzene rings is 1. The molecule has 1 saturated carbocycles. The molecule has 1 amide bonds. The van der Waals surface area contributed by atoms with Crippen LogP contribution in [0.25, 0.3) is 0 Å². The zero-order chi connectivity index (χ0) is 15.6. The van der Waals surface area contributed by atoms with Crippen LogP contribution in [0.5, 0.6) is 0 Å². The summed E-state index contributed by atoms with van der Waals surface area (Å²) in [7, 11) is 0. The second-order valence-corrected chi connectivity index (χ2v) is 6.32. The summed E-state index contributed by atoms with van der Waals surface area (Å²) in [5.41, 5.74) is 0.804. The Balaban J connectivity index is 2.02. The van der Waals surface area contributed by atoms with Crippen molar-refractivity contribution in [3.8, 4) is 0 Å². The lowest BCUT2D eigenvalue weighted by atomic mass is 9.77. The Labute approximate surface area is 130 Å². The minimum Gasteiger partial charge on any atom is -0.481 e. The Morgan fingerprint density at radius 2 is 1.91 bits per heavy atom. The first-order valence-corrected chi connectivity index (χ1v) is 7.96. The Kier molecular flexibility index (Phi) is 4.05. The van der Waals surface area contributed by atoms with Crippen LogP contribution < -0.4 is 10.2 Å². The number of rotatable bonds is 3. The number of carbonyl (C=O) groups excluding carboxylic acids is 1. The van der Waals surface area contributed by atoms with Crippen molar-refractivity contribution < 1.29 is 14.7 Å². The van der Waals surface area contributed by atoms with Gasteiger partial charge in [0.15, 0.2) is 0 Å². The predicted octanol–water partition coefficient (Wildman–Crippen LogP) is 2.17. The number of hydrogen-bond donors (Lipinski definition) is 2. The van der Waals surface area contributed by atoms with Gasteiger partial charge in [0.25, 0.3) is 0 Å². The summed E-state index contributed by atoms with van der Waals surface area (Å²) in [6, 6.07) is 9.14.